The van der Waals surface area contributed by atoms with Crippen LogP contribution < -0.4 is 4.90 Å². The predicted molar refractivity (Wildman–Crippen MR) is 127 cm³/mol. The molecule has 0 atom stereocenters. The summed E-state index contributed by atoms with van der Waals surface area (Å²) < 4.78 is 13.3. The second-order valence-electron chi connectivity index (χ2n) is 8.74. The van der Waals surface area contributed by atoms with Crippen LogP contribution in [0, 0.1) is 11.7 Å². The number of hydrogen-bond donors (Lipinski definition) is 1. The number of piperidine rings is 1. The van der Waals surface area contributed by atoms with Crippen LogP contribution in [-0.2, 0) is 15.2 Å². The lowest BCUT2D eigenvalue weighted by Crippen LogP contribution is -2.45. The standard InChI is InChI=1S/C28H25FN2O3/c29-23-11-13-24(14-12-23)31-26(32)19-25(27(31)33)30-17-15-22(16-18-30)28(34,20-7-3-1-4-8-20)21-9-5-2-6-10-21/h1-14,19,22,34H,15-18H2. The van der Waals surface area contributed by atoms with Gasteiger partial charge in [-0.25, -0.2) is 9.29 Å². The second-order valence-corrected chi connectivity index (χ2v) is 8.74. The lowest BCUT2D eigenvalue weighted by molar-refractivity contribution is -0.121. The van der Waals surface area contributed by atoms with Gasteiger partial charge in [-0.2, -0.15) is 0 Å². The number of hydrogen-bond acceptors (Lipinski definition) is 4. The summed E-state index contributed by atoms with van der Waals surface area (Å²) in [6, 6.07) is 24.7. The Hall–Kier alpha value is -3.77. The summed E-state index contributed by atoms with van der Waals surface area (Å²) in [6.45, 7) is 1.07. The Morgan fingerprint density at radius 2 is 1.32 bits per heavy atom. The zero-order valence-electron chi connectivity index (χ0n) is 18.6. The van der Waals surface area contributed by atoms with Gasteiger partial charge in [0.25, 0.3) is 11.8 Å². The average Bonchev–Trinajstić information content (AvgIpc) is 3.19. The molecule has 2 amide bonds. The molecule has 0 unspecified atom stereocenters. The summed E-state index contributed by atoms with van der Waals surface area (Å²) in [6.07, 6.45) is 2.65. The third-order valence-corrected chi connectivity index (χ3v) is 6.84. The highest BCUT2D eigenvalue weighted by atomic mass is 19.1. The van der Waals surface area contributed by atoms with Crippen molar-refractivity contribution in [3.05, 3.63) is 114 Å². The number of likely N-dealkylation sites (tertiary alicyclic amines) is 1. The molecule has 0 aromatic heterocycles. The quantitative estimate of drug-likeness (QED) is 0.584. The van der Waals surface area contributed by atoms with E-state index in [0.717, 1.165) is 16.0 Å². The molecule has 0 bridgehead atoms. The van der Waals surface area contributed by atoms with Crippen LogP contribution in [0.15, 0.2) is 96.7 Å². The Balaban J connectivity index is 1.36. The molecule has 2 heterocycles. The fourth-order valence-corrected chi connectivity index (χ4v) is 5.08. The first-order valence-corrected chi connectivity index (χ1v) is 11.4. The second kappa shape index (κ2) is 8.88. The number of carbonyl (C=O) groups excluding carboxylic acids is 2. The van der Waals surface area contributed by atoms with Gasteiger partial charge in [0.1, 0.15) is 17.1 Å². The highest BCUT2D eigenvalue weighted by Crippen LogP contribution is 2.42. The molecule has 1 fully saturated rings. The summed E-state index contributed by atoms with van der Waals surface area (Å²) in [5.74, 6) is -1.33. The van der Waals surface area contributed by atoms with E-state index in [9.17, 15) is 19.1 Å². The van der Waals surface area contributed by atoms with Crippen LogP contribution in [0.3, 0.4) is 0 Å². The Kier molecular flexibility index (Phi) is 5.75. The smallest absolute Gasteiger partial charge is 0.281 e. The molecule has 0 spiro atoms. The normalized spacial score (nSPS) is 17.3. The van der Waals surface area contributed by atoms with Gasteiger partial charge >= 0.3 is 0 Å². The maximum atomic E-state index is 13.3. The van der Waals surface area contributed by atoms with Gasteiger partial charge in [-0.05, 0) is 54.2 Å². The highest BCUT2D eigenvalue weighted by Gasteiger charge is 2.43. The fraction of sp³-hybridized carbons (Fsp3) is 0.214. The number of halogens is 1. The first-order chi connectivity index (χ1) is 16.5. The molecule has 172 valence electrons. The van der Waals surface area contributed by atoms with Crippen molar-refractivity contribution in [2.75, 3.05) is 18.0 Å². The third kappa shape index (κ3) is 3.80. The van der Waals surface area contributed by atoms with Gasteiger partial charge in [0.15, 0.2) is 0 Å². The maximum Gasteiger partial charge on any atom is 0.281 e. The number of anilines is 1. The number of carbonyl (C=O) groups is 2. The van der Waals surface area contributed by atoms with Gasteiger partial charge in [0, 0.05) is 19.2 Å². The number of aliphatic hydroxyl groups is 1. The van der Waals surface area contributed by atoms with Crippen molar-refractivity contribution in [2.45, 2.75) is 18.4 Å². The van der Waals surface area contributed by atoms with Crippen molar-refractivity contribution in [3.8, 4) is 0 Å². The summed E-state index contributed by atoms with van der Waals surface area (Å²) in [5.41, 5.74) is 1.22. The summed E-state index contributed by atoms with van der Waals surface area (Å²) in [7, 11) is 0. The number of rotatable bonds is 5. The van der Waals surface area contributed by atoms with Crippen molar-refractivity contribution < 1.29 is 19.1 Å². The monoisotopic (exact) mass is 456 g/mol. The molecule has 3 aromatic rings. The minimum Gasteiger partial charge on any atom is -0.380 e. The molecular weight excluding hydrogens is 431 g/mol. The zero-order chi connectivity index (χ0) is 23.7. The zero-order valence-corrected chi connectivity index (χ0v) is 18.6. The average molecular weight is 457 g/mol. The van der Waals surface area contributed by atoms with Crippen molar-refractivity contribution in [1.29, 1.82) is 0 Å². The molecular formula is C28H25FN2O3. The molecule has 1 saturated heterocycles. The van der Waals surface area contributed by atoms with Crippen LogP contribution in [0.1, 0.15) is 24.0 Å². The van der Waals surface area contributed by atoms with Crippen LogP contribution >= 0.6 is 0 Å². The minimum atomic E-state index is -1.15. The molecule has 2 aliphatic heterocycles. The predicted octanol–water partition coefficient (Wildman–Crippen LogP) is 4.23. The van der Waals surface area contributed by atoms with Gasteiger partial charge in [-0.15, -0.1) is 0 Å². The van der Waals surface area contributed by atoms with Gasteiger partial charge < -0.3 is 10.0 Å². The molecule has 5 nitrogen and oxygen atoms in total. The summed E-state index contributed by atoms with van der Waals surface area (Å²) in [4.78, 5) is 28.6. The van der Waals surface area contributed by atoms with E-state index < -0.39 is 23.2 Å². The van der Waals surface area contributed by atoms with Crippen molar-refractivity contribution in [2.24, 2.45) is 5.92 Å². The fourth-order valence-electron chi connectivity index (χ4n) is 5.08. The third-order valence-electron chi connectivity index (χ3n) is 6.84. The molecule has 0 radical (unpaired) electrons. The molecule has 2 aliphatic rings. The van der Waals surface area contributed by atoms with Crippen molar-refractivity contribution in [1.82, 2.24) is 4.90 Å². The molecule has 6 heteroatoms. The van der Waals surface area contributed by atoms with E-state index in [2.05, 4.69) is 0 Å². The maximum absolute atomic E-state index is 13.3. The summed E-state index contributed by atoms with van der Waals surface area (Å²) >= 11 is 0. The lowest BCUT2D eigenvalue weighted by atomic mass is 9.72. The largest absolute Gasteiger partial charge is 0.380 e. The molecule has 5 rings (SSSR count). The van der Waals surface area contributed by atoms with E-state index in [-0.39, 0.29) is 5.92 Å². The van der Waals surface area contributed by atoms with E-state index in [0.29, 0.717) is 37.3 Å². The van der Waals surface area contributed by atoms with E-state index in [1.165, 1.54) is 30.3 Å². The van der Waals surface area contributed by atoms with Crippen molar-refractivity contribution >= 4 is 17.5 Å². The Morgan fingerprint density at radius 1 is 0.794 bits per heavy atom. The number of imide groups is 1. The van der Waals surface area contributed by atoms with Crippen LogP contribution in [-0.4, -0.2) is 34.9 Å². The topological polar surface area (TPSA) is 60.9 Å². The van der Waals surface area contributed by atoms with E-state index in [1.807, 2.05) is 65.6 Å². The summed E-state index contributed by atoms with van der Waals surface area (Å²) in [5, 5.41) is 12.0. The molecule has 0 aliphatic carbocycles. The number of amides is 2. The number of benzene rings is 3. The van der Waals surface area contributed by atoms with Gasteiger partial charge in [-0.3, -0.25) is 9.59 Å². The van der Waals surface area contributed by atoms with Crippen LogP contribution in [0.5, 0.6) is 0 Å². The molecule has 34 heavy (non-hydrogen) atoms. The van der Waals surface area contributed by atoms with Crippen LogP contribution in [0.25, 0.3) is 0 Å². The Bertz CT molecular complexity index is 1180. The first-order valence-electron chi connectivity index (χ1n) is 11.4. The van der Waals surface area contributed by atoms with E-state index in [1.54, 1.807) is 0 Å². The first kappa shape index (κ1) is 22.0. The lowest BCUT2D eigenvalue weighted by Gasteiger charge is -2.43. The number of nitrogens with zero attached hydrogens (tertiary/aromatic N) is 2. The molecule has 0 saturated carbocycles. The Labute approximate surface area is 197 Å². The minimum absolute atomic E-state index is 0.0606. The molecule has 1 N–H and O–H groups in total. The SMILES string of the molecule is O=C1C=C(N2CCC(C(O)(c3ccccc3)c3ccccc3)CC2)C(=O)N1c1ccc(F)cc1. The van der Waals surface area contributed by atoms with Crippen LogP contribution in [0.4, 0.5) is 10.1 Å². The highest BCUT2D eigenvalue weighted by molar-refractivity contribution is 6.30. The van der Waals surface area contributed by atoms with Crippen LogP contribution in [0.2, 0.25) is 0 Å². The van der Waals surface area contributed by atoms with E-state index in [4.69, 9.17) is 0 Å². The van der Waals surface area contributed by atoms with Gasteiger partial charge in [-0.1, -0.05) is 60.7 Å². The van der Waals surface area contributed by atoms with Gasteiger partial charge in [0.05, 0.1) is 5.69 Å². The van der Waals surface area contributed by atoms with Crippen molar-refractivity contribution in [3.63, 3.8) is 0 Å². The Morgan fingerprint density at radius 3 is 1.85 bits per heavy atom. The van der Waals surface area contributed by atoms with Gasteiger partial charge in [0.2, 0.25) is 0 Å². The molecule has 3 aromatic carbocycles. The van der Waals surface area contributed by atoms with E-state index >= 15 is 0 Å².